The van der Waals surface area contributed by atoms with E-state index in [1.807, 2.05) is 30.5 Å². The van der Waals surface area contributed by atoms with E-state index < -0.39 is 0 Å². The fourth-order valence-electron chi connectivity index (χ4n) is 8.12. The minimum absolute atomic E-state index is 0.137. The first-order valence-electron chi connectivity index (χ1n) is 12.2. The van der Waals surface area contributed by atoms with E-state index >= 15 is 0 Å². The second-order valence-electron chi connectivity index (χ2n) is 11.7. The summed E-state index contributed by atoms with van der Waals surface area (Å²) < 4.78 is 2.11. The molecule has 0 aliphatic heterocycles. The van der Waals surface area contributed by atoms with Gasteiger partial charge in [0.2, 0.25) is 5.43 Å². The van der Waals surface area contributed by atoms with Gasteiger partial charge in [-0.2, -0.15) is 0 Å². The Balaban J connectivity index is 1.49. The van der Waals surface area contributed by atoms with Crippen LogP contribution in [-0.4, -0.2) is 16.0 Å². The number of amides is 1. The molecule has 4 saturated carbocycles. The lowest BCUT2D eigenvalue weighted by atomic mass is 9.43. The monoisotopic (exact) mass is 420 g/mol. The van der Waals surface area contributed by atoms with Gasteiger partial charge in [0.25, 0.3) is 5.91 Å². The lowest BCUT2D eigenvalue weighted by Crippen LogP contribution is -2.65. The van der Waals surface area contributed by atoms with Gasteiger partial charge < -0.3 is 9.88 Å². The van der Waals surface area contributed by atoms with Crippen molar-refractivity contribution in [1.82, 2.24) is 9.88 Å². The number of nitrogens with one attached hydrogen (secondary N) is 1. The van der Waals surface area contributed by atoms with E-state index in [9.17, 15) is 9.59 Å². The molecule has 0 saturated heterocycles. The fraction of sp³-hybridized carbons (Fsp3) is 0.630. The molecule has 0 spiro atoms. The van der Waals surface area contributed by atoms with Gasteiger partial charge in [-0.1, -0.05) is 45.7 Å². The summed E-state index contributed by atoms with van der Waals surface area (Å²) in [4.78, 5) is 26.9. The molecule has 31 heavy (non-hydrogen) atoms. The predicted molar refractivity (Wildman–Crippen MR) is 125 cm³/mol. The summed E-state index contributed by atoms with van der Waals surface area (Å²) in [6.45, 7) is 7.84. The maximum atomic E-state index is 13.6. The average molecular weight is 421 g/mol. The Morgan fingerprint density at radius 2 is 1.77 bits per heavy atom. The van der Waals surface area contributed by atoms with Gasteiger partial charge in [-0.3, -0.25) is 9.59 Å². The van der Waals surface area contributed by atoms with E-state index in [1.54, 1.807) is 0 Å². The molecule has 6 rings (SSSR count). The molecule has 4 nitrogen and oxygen atoms in total. The van der Waals surface area contributed by atoms with Crippen LogP contribution in [0, 0.1) is 16.7 Å². The number of fused-ring (bicyclic) bond motifs is 1. The molecular weight excluding hydrogens is 384 g/mol. The third-order valence-corrected chi connectivity index (χ3v) is 8.24. The van der Waals surface area contributed by atoms with E-state index in [-0.39, 0.29) is 16.9 Å². The number of hydrogen-bond donors (Lipinski definition) is 1. The molecule has 4 atom stereocenters. The van der Waals surface area contributed by atoms with Crippen molar-refractivity contribution in [2.45, 2.75) is 90.6 Å². The molecule has 166 valence electrons. The second kappa shape index (κ2) is 7.21. The van der Waals surface area contributed by atoms with Gasteiger partial charge in [-0.15, -0.1) is 0 Å². The van der Waals surface area contributed by atoms with Crippen LogP contribution >= 0.6 is 0 Å². The molecule has 4 aliphatic carbocycles. The quantitative estimate of drug-likeness (QED) is 0.612. The number of aryl methyl sites for hydroxylation is 1. The summed E-state index contributed by atoms with van der Waals surface area (Å²) in [6.07, 6.45) is 12.2. The number of para-hydroxylation sites is 1. The van der Waals surface area contributed by atoms with Crippen LogP contribution in [0.25, 0.3) is 10.9 Å². The van der Waals surface area contributed by atoms with E-state index in [1.165, 1.54) is 19.3 Å². The van der Waals surface area contributed by atoms with Gasteiger partial charge in [0.05, 0.1) is 5.52 Å². The Morgan fingerprint density at radius 3 is 2.45 bits per heavy atom. The third-order valence-electron chi connectivity index (χ3n) is 8.24. The Kier molecular flexibility index (Phi) is 4.84. The molecule has 1 N–H and O–H groups in total. The van der Waals surface area contributed by atoms with Crippen LogP contribution in [0.1, 0.15) is 88.9 Å². The molecule has 4 heteroatoms. The van der Waals surface area contributed by atoms with Crippen molar-refractivity contribution in [1.29, 1.82) is 0 Å². The number of rotatable bonds is 6. The minimum atomic E-state index is -0.172. The van der Waals surface area contributed by atoms with Gasteiger partial charge in [-0.05, 0) is 73.8 Å². The van der Waals surface area contributed by atoms with Crippen molar-refractivity contribution in [2.75, 3.05) is 0 Å². The summed E-state index contributed by atoms with van der Waals surface area (Å²) in [7, 11) is 0. The van der Waals surface area contributed by atoms with Crippen molar-refractivity contribution in [3.05, 3.63) is 46.2 Å². The van der Waals surface area contributed by atoms with Crippen molar-refractivity contribution >= 4 is 16.8 Å². The van der Waals surface area contributed by atoms with Crippen LogP contribution in [-0.2, 0) is 6.54 Å². The smallest absolute Gasteiger partial charge is 0.257 e. The summed E-state index contributed by atoms with van der Waals surface area (Å²) in [6, 6.07) is 7.71. The number of unbranched alkanes of at least 4 members (excludes halogenated alkanes) is 2. The fourth-order valence-corrected chi connectivity index (χ4v) is 8.12. The number of pyridine rings is 1. The third kappa shape index (κ3) is 3.62. The second-order valence-corrected chi connectivity index (χ2v) is 11.7. The highest BCUT2D eigenvalue weighted by Crippen LogP contribution is 2.66. The number of carbonyl (C=O) groups is 1. The highest BCUT2D eigenvalue weighted by molar-refractivity contribution is 5.97. The lowest BCUT2D eigenvalue weighted by Gasteiger charge is -2.65. The summed E-state index contributed by atoms with van der Waals surface area (Å²) >= 11 is 0. The van der Waals surface area contributed by atoms with Crippen molar-refractivity contribution in [3.8, 4) is 0 Å². The van der Waals surface area contributed by atoms with Crippen molar-refractivity contribution < 1.29 is 4.79 Å². The Hall–Kier alpha value is -2.10. The van der Waals surface area contributed by atoms with E-state index in [0.29, 0.717) is 27.7 Å². The van der Waals surface area contributed by atoms with Crippen LogP contribution in [0.15, 0.2) is 35.3 Å². The number of aromatic nitrogens is 1. The van der Waals surface area contributed by atoms with E-state index in [4.69, 9.17) is 0 Å². The van der Waals surface area contributed by atoms with Crippen LogP contribution in [0.3, 0.4) is 0 Å². The summed E-state index contributed by atoms with van der Waals surface area (Å²) in [5.74, 6) is 0.531. The SMILES string of the molecule is CCCCCn1cc(C(=O)NC23CC4C[C@@](C)(C2)C[C@](C)(C4)C3)c(=O)c2ccccc21. The number of carbonyl (C=O) groups excluding carboxylic acids is 1. The maximum Gasteiger partial charge on any atom is 0.257 e. The molecule has 1 aromatic heterocycles. The Labute approximate surface area is 185 Å². The zero-order valence-electron chi connectivity index (χ0n) is 19.3. The average Bonchev–Trinajstić information content (AvgIpc) is 2.66. The highest BCUT2D eigenvalue weighted by atomic mass is 16.2. The molecule has 1 heterocycles. The topological polar surface area (TPSA) is 51.1 Å². The van der Waals surface area contributed by atoms with Gasteiger partial charge in [-0.25, -0.2) is 0 Å². The molecule has 2 unspecified atom stereocenters. The molecule has 2 aromatic rings. The molecular formula is C27H36N2O2. The summed E-state index contributed by atoms with van der Waals surface area (Å²) in [5.41, 5.74) is 1.60. The minimum Gasteiger partial charge on any atom is -0.346 e. The summed E-state index contributed by atoms with van der Waals surface area (Å²) in [5, 5.41) is 4.09. The van der Waals surface area contributed by atoms with Crippen molar-refractivity contribution in [3.63, 3.8) is 0 Å². The number of benzene rings is 1. The maximum absolute atomic E-state index is 13.6. The zero-order chi connectivity index (χ0) is 21.9. The van der Waals surface area contributed by atoms with Crippen LogP contribution in [0.5, 0.6) is 0 Å². The Bertz CT molecular complexity index is 1070. The number of hydrogen-bond acceptors (Lipinski definition) is 2. The predicted octanol–water partition coefficient (Wildman–Crippen LogP) is 5.67. The Morgan fingerprint density at radius 1 is 1.06 bits per heavy atom. The van der Waals surface area contributed by atoms with Gasteiger partial charge in [0, 0.05) is 23.7 Å². The van der Waals surface area contributed by atoms with Crippen LogP contribution in [0.2, 0.25) is 0 Å². The lowest BCUT2D eigenvalue weighted by molar-refractivity contribution is -0.114. The highest BCUT2D eigenvalue weighted by Gasteiger charge is 2.60. The first-order valence-corrected chi connectivity index (χ1v) is 12.2. The molecule has 0 radical (unpaired) electrons. The largest absolute Gasteiger partial charge is 0.346 e. The van der Waals surface area contributed by atoms with E-state index in [0.717, 1.165) is 50.6 Å². The molecule has 1 aromatic carbocycles. The molecule has 4 bridgehead atoms. The number of nitrogens with zero attached hydrogens (tertiary/aromatic N) is 1. The van der Waals surface area contributed by atoms with E-state index in [2.05, 4.69) is 30.7 Å². The standard InChI is InChI=1S/C27H36N2O2/c1-4-5-8-11-29-15-21(23(30)20-9-6-7-10-22(20)29)24(31)28-27-14-19-12-25(2,17-27)16-26(3,13-19)18-27/h6-7,9-10,15,19H,4-5,8,11-14,16-18H2,1-3H3,(H,28,31)/t19?,25-,26+,27?. The normalized spacial score (nSPS) is 33.7. The first-order chi connectivity index (χ1) is 14.7. The van der Waals surface area contributed by atoms with Crippen LogP contribution < -0.4 is 10.7 Å². The van der Waals surface area contributed by atoms with Gasteiger partial charge in [0.1, 0.15) is 5.56 Å². The van der Waals surface area contributed by atoms with Gasteiger partial charge >= 0.3 is 0 Å². The molecule has 4 aliphatic rings. The first kappa shape index (κ1) is 20.8. The molecule has 4 fully saturated rings. The van der Waals surface area contributed by atoms with Gasteiger partial charge in [0.15, 0.2) is 0 Å². The molecule has 1 amide bonds. The van der Waals surface area contributed by atoms with Crippen molar-refractivity contribution in [2.24, 2.45) is 16.7 Å². The zero-order valence-corrected chi connectivity index (χ0v) is 19.3. The van der Waals surface area contributed by atoms with Crippen LogP contribution in [0.4, 0.5) is 0 Å².